The van der Waals surface area contributed by atoms with Crippen LogP contribution < -0.4 is 15.4 Å². The van der Waals surface area contributed by atoms with Gasteiger partial charge in [-0.2, -0.15) is 5.10 Å². The van der Waals surface area contributed by atoms with Gasteiger partial charge in [0.1, 0.15) is 5.75 Å². The predicted octanol–water partition coefficient (Wildman–Crippen LogP) is 0.476. The normalized spacial score (nSPS) is 16.1. The van der Waals surface area contributed by atoms with Crippen molar-refractivity contribution >= 4 is 17.5 Å². The predicted molar refractivity (Wildman–Crippen MR) is 96.8 cm³/mol. The molecule has 8 heteroatoms. The molecule has 1 aliphatic heterocycles. The number of aryl methyl sites for hydroxylation is 1. The van der Waals surface area contributed by atoms with Crippen LogP contribution in [0.4, 0.5) is 5.69 Å². The van der Waals surface area contributed by atoms with E-state index in [0.29, 0.717) is 18.0 Å². The molecule has 8 nitrogen and oxygen atoms in total. The lowest BCUT2D eigenvalue weighted by molar-refractivity contribution is -0.135. The van der Waals surface area contributed by atoms with Crippen molar-refractivity contribution in [1.82, 2.24) is 14.7 Å². The van der Waals surface area contributed by atoms with Gasteiger partial charge in [0.25, 0.3) is 5.91 Å². The topological polar surface area (TPSA) is 93.7 Å². The lowest BCUT2D eigenvalue weighted by atomic mass is 9.96. The Balaban J connectivity index is 1.69. The average molecular weight is 357 g/mol. The smallest absolute Gasteiger partial charge is 0.260 e. The minimum absolute atomic E-state index is 0.0992. The number of rotatable bonds is 5. The number of nitrogens with two attached hydrogens (primary N) is 1. The SMILES string of the molecule is CN(C)c1cccc(OCC(=O)N2Cc3cn(C)nc3[C@H](C(N)=O)C2)c1. The second-order valence-corrected chi connectivity index (χ2v) is 6.62. The molecular formula is C18H23N5O3. The highest BCUT2D eigenvalue weighted by atomic mass is 16.5. The largest absolute Gasteiger partial charge is 0.484 e. The fourth-order valence-corrected chi connectivity index (χ4v) is 3.05. The van der Waals surface area contributed by atoms with Crippen LogP contribution in [0.5, 0.6) is 5.75 Å². The van der Waals surface area contributed by atoms with Crippen LogP contribution in [-0.2, 0) is 23.2 Å². The molecule has 0 bridgehead atoms. The summed E-state index contributed by atoms with van der Waals surface area (Å²) in [6.45, 7) is 0.518. The highest BCUT2D eigenvalue weighted by Crippen LogP contribution is 2.27. The monoisotopic (exact) mass is 357 g/mol. The molecule has 2 heterocycles. The zero-order valence-electron chi connectivity index (χ0n) is 15.2. The van der Waals surface area contributed by atoms with Crippen molar-refractivity contribution in [2.75, 3.05) is 32.1 Å². The number of anilines is 1. The zero-order valence-corrected chi connectivity index (χ0v) is 15.2. The minimum Gasteiger partial charge on any atom is -0.484 e. The maximum atomic E-state index is 12.6. The third-order valence-electron chi connectivity index (χ3n) is 4.42. The quantitative estimate of drug-likeness (QED) is 0.840. The number of amides is 2. The fourth-order valence-electron chi connectivity index (χ4n) is 3.05. The highest BCUT2D eigenvalue weighted by Gasteiger charge is 2.34. The Labute approximate surface area is 152 Å². The second kappa shape index (κ2) is 7.07. The summed E-state index contributed by atoms with van der Waals surface area (Å²) in [4.78, 5) is 27.9. The van der Waals surface area contributed by atoms with E-state index in [-0.39, 0.29) is 19.1 Å². The molecule has 0 saturated carbocycles. The van der Waals surface area contributed by atoms with E-state index in [1.54, 1.807) is 16.6 Å². The molecule has 0 unspecified atom stereocenters. The molecule has 0 spiro atoms. The van der Waals surface area contributed by atoms with E-state index >= 15 is 0 Å². The van der Waals surface area contributed by atoms with Crippen LogP contribution in [0.2, 0.25) is 0 Å². The summed E-state index contributed by atoms with van der Waals surface area (Å²) in [7, 11) is 5.66. The number of aromatic nitrogens is 2. The summed E-state index contributed by atoms with van der Waals surface area (Å²) in [5.74, 6) is -0.654. The second-order valence-electron chi connectivity index (χ2n) is 6.62. The maximum absolute atomic E-state index is 12.6. The first-order valence-electron chi connectivity index (χ1n) is 8.35. The summed E-state index contributed by atoms with van der Waals surface area (Å²) < 4.78 is 7.28. The third-order valence-corrected chi connectivity index (χ3v) is 4.42. The van der Waals surface area contributed by atoms with E-state index in [4.69, 9.17) is 10.5 Å². The van der Waals surface area contributed by atoms with Gasteiger partial charge >= 0.3 is 0 Å². The molecule has 0 radical (unpaired) electrons. The van der Waals surface area contributed by atoms with Gasteiger partial charge in [0.2, 0.25) is 5.91 Å². The van der Waals surface area contributed by atoms with E-state index in [9.17, 15) is 9.59 Å². The molecule has 1 aromatic carbocycles. The van der Waals surface area contributed by atoms with Crippen molar-refractivity contribution in [3.05, 3.63) is 41.7 Å². The molecule has 0 fully saturated rings. The van der Waals surface area contributed by atoms with Gasteiger partial charge in [0, 0.05) is 57.7 Å². The minimum atomic E-state index is -0.596. The number of fused-ring (bicyclic) bond motifs is 1. The number of benzene rings is 1. The van der Waals surface area contributed by atoms with Crippen LogP contribution in [0.25, 0.3) is 0 Å². The first-order valence-corrected chi connectivity index (χ1v) is 8.35. The molecule has 1 aliphatic rings. The third kappa shape index (κ3) is 3.63. The number of primary amides is 1. The molecule has 3 rings (SSSR count). The van der Waals surface area contributed by atoms with Crippen LogP contribution in [0.3, 0.4) is 0 Å². The zero-order chi connectivity index (χ0) is 18.8. The Bertz CT molecular complexity index is 830. The fraction of sp³-hybridized carbons (Fsp3) is 0.389. The van der Waals surface area contributed by atoms with Gasteiger partial charge in [0.15, 0.2) is 6.61 Å². The molecule has 2 amide bonds. The molecule has 0 saturated heterocycles. The van der Waals surface area contributed by atoms with Gasteiger partial charge in [-0.25, -0.2) is 0 Å². The molecule has 0 aliphatic carbocycles. The van der Waals surface area contributed by atoms with E-state index < -0.39 is 11.8 Å². The lowest BCUT2D eigenvalue weighted by Crippen LogP contribution is -2.44. The van der Waals surface area contributed by atoms with E-state index in [2.05, 4.69) is 5.10 Å². The van der Waals surface area contributed by atoms with Crippen LogP contribution in [0, 0.1) is 0 Å². The van der Waals surface area contributed by atoms with Crippen LogP contribution in [0.1, 0.15) is 17.2 Å². The molecule has 1 atom stereocenters. The Morgan fingerprint density at radius 1 is 1.38 bits per heavy atom. The summed E-state index contributed by atoms with van der Waals surface area (Å²) in [5.41, 5.74) is 7.98. The molecular weight excluding hydrogens is 334 g/mol. The number of carbonyl (C=O) groups is 2. The summed E-state index contributed by atoms with van der Waals surface area (Å²) in [6, 6.07) is 7.51. The number of ether oxygens (including phenoxy) is 1. The Morgan fingerprint density at radius 3 is 2.85 bits per heavy atom. The molecule has 1 aromatic heterocycles. The van der Waals surface area contributed by atoms with Gasteiger partial charge in [0.05, 0.1) is 11.6 Å². The van der Waals surface area contributed by atoms with E-state index in [1.807, 2.05) is 49.5 Å². The lowest BCUT2D eigenvalue weighted by Gasteiger charge is -2.30. The van der Waals surface area contributed by atoms with Crippen LogP contribution in [-0.4, -0.2) is 53.7 Å². The summed E-state index contributed by atoms with van der Waals surface area (Å²) >= 11 is 0. The van der Waals surface area contributed by atoms with Crippen molar-refractivity contribution < 1.29 is 14.3 Å². The first kappa shape index (κ1) is 17.8. The molecule has 138 valence electrons. The molecule has 2 aromatic rings. The van der Waals surface area contributed by atoms with Crippen LogP contribution >= 0.6 is 0 Å². The molecule has 26 heavy (non-hydrogen) atoms. The number of hydrogen-bond acceptors (Lipinski definition) is 5. The summed E-state index contributed by atoms with van der Waals surface area (Å²) in [6.07, 6.45) is 1.81. The van der Waals surface area contributed by atoms with Crippen molar-refractivity contribution in [2.45, 2.75) is 12.5 Å². The van der Waals surface area contributed by atoms with Crippen molar-refractivity contribution in [3.63, 3.8) is 0 Å². The van der Waals surface area contributed by atoms with E-state index in [1.165, 1.54) is 0 Å². The van der Waals surface area contributed by atoms with Crippen molar-refractivity contribution in [3.8, 4) is 5.75 Å². The number of hydrogen-bond donors (Lipinski definition) is 1. The Hall–Kier alpha value is -3.03. The van der Waals surface area contributed by atoms with Gasteiger partial charge in [-0.15, -0.1) is 0 Å². The van der Waals surface area contributed by atoms with Gasteiger partial charge in [-0.1, -0.05) is 6.07 Å². The standard InChI is InChI=1S/C18H23N5O3/c1-21(2)13-5-4-6-14(7-13)26-11-16(24)23-9-12-8-22(3)20-17(12)15(10-23)18(19)25/h4-8,15H,9-11H2,1-3H3,(H2,19,25)/t15-/m1/s1. The number of carbonyl (C=O) groups excluding carboxylic acids is 2. The van der Waals surface area contributed by atoms with Crippen molar-refractivity contribution in [2.24, 2.45) is 12.8 Å². The summed E-state index contributed by atoms with van der Waals surface area (Å²) in [5, 5.41) is 4.31. The maximum Gasteiger partial charge on any atom is 0.260 e. The average Bonchev–Trinajstić information content (AvgIpc) is 2.98. The van der Waals surface area contributed by atoms with Gasteiger partial charge in [-0.3, -0.25) is 14.3 Å². The van der Waals surface area contributed by atoms with Gasteiger partial charge in [-0.05, 0) is 12.1 Å². The highest BCUT2D eigenvalue weighted by molar-refractivity contribution is 5.85. The van der Waals surface area contributed by atoms with Crippen LogP contribution in [0.15, 0.2) is 30.5 Å². The first-order chi connectivity index (χ1) is 12.3. The number of nitrogens with zero attached hydrogens (tertiary/aromatic N) is 4. The molecule has 2 N–H and O–H groups in total. The Kier molecular flexibility index (Phi) is 4.83. The Morgan fingerprint density at radius 2 is 2.15 bits per heavy atom. The van der Waals surface area contributed by atoms with E-state index in [0.717, 1.165) is 11.3 Å². The van der Waals surface area contributed by atoms with Crippen molar-refractivity contribution in [1.29, 1.82) is 0 Å². The van der Waals surface area contributed by atoms with Gasteiger partial charge < -0.3 is 20.3 Å².